The Morgan fingerprint density at radius 3 is 2.71 bits per heavy atom. The third-order valence-electron chi connectivity index (χ3n) is 2.10. The lowest BCUT2D eigenvalue weighted by Gasteiger charge is -2.11. The minimum atomic E-state index is -0.833. The van der Waals surface area contributed by atoms with Crippen LogP contribution in [0.25, 0.3) is 0 Å². The number of hydrogen-bond acceptors (Lipinski definition) is 3. The van der Waals surface area contributed by atoms with Gasteiger partial charge in [0.2, 0.25) is 0 Å². The highest BCUT2D eigenvalue weighted by Gasteiger charge is 2.09. The molecule has 0 bridgehead atoms. The van der Waals surface area contributed by atoms with E-state index in [-0.39, 0.29) is 0 Å². The van der Waals surface area contributed by atoms with Crippen LogP contribution in [0.2, 0.25) is 0 Å². The molecule has 4 nitrogen and oxygen atoms in total. The quantitative estimate of drug-likeness (QED) is 0.757. The van der Waals surface area contributed by atoms with Gasteiger partial charge in [0.25, 0.3) is 5.97 Å². The number of oxime groups is 1. The van der Waals surface area contributed by atoms with Crippen LogP contribution in [0.5, 0.6) is 0 Å². The van der Waals surface area contributed by atoms with Gasteiger partial charge in [0.05, 0.1) is 0 Å². The van der Waals surface area contributed by atoms with E-state index in [0.717, 1.165) is 19.1 Å². The highest BCUT2D eigenvalue weighted by molar-refractivity contribution is 6.10. The number of rotatable bonds is 1. The Bertz CT molecular complexity index is 446. The van der Waals surface area contributed by atoms with Crippen LogP contribution in [0.15, 0.2) is 41.6 Å². The van der Waals surface area contributed by atoms with Gasteiger partial charge in [-0.2, -0.15) is 0 Å². The predicted molar refractivity (Wildman–Crippen MR) is 66.1 cm³/mol. The Hall–Kier alpha value is -2.10. The standard InChI is InChI=1S/C11H11NO.C2H4O2/c1-13-12-11-8-4-6-9-5-2-3-7-10(9)11;1-2(3)4/h2-5,7-8H,6H2,1H3;1H3,(H,3,4). The predicted octanol–water partition coefficient (Wildman–Crippen LogP) is 2.24. The zero-order valence-electron chi connectivity index (χ0n) is 9.88. The Labute approximate surface area is 100 Å². The molecule has 17 heavy (non-hydrogen) atoms. The first-order valence-corrected chi connectivity index (χ1v) is 5.20. The Kier molecular flexibility index (Phi) is 4.94. The lowest BCUT2D eigenvalue weighted by atomic mass is 9.96. The number of aliphatic carboxylic acids is 1. The number of nitrogens with zero attached hydrogens (tertiary/aromatic N) is 1. The molecule has 1 aliphatic rings. The summed E-state index contributed by atoms with van der Waals surface area (Å²) in [6.07, 6.45) is 5.07. The van der Waals surface area contributed by atoms with Crippen LogP contribution >= 0.6 is 0 Å². The molecule has 0 aliphatic heterocycles. The number of carboxylic acid groups (broad SMARTS) is 1. The maximum Gasteiger partial charge on any atom is 0.300 e. The summed E-state index contributed by atoms with van der Waals surface area (Å²) in [4.78, 5) is 13.8. The van der Waals surface area contributed by atoms with Crippen molar-refractivity contribution in [3.63, 3.8) is 0 Å². The lowest BCUT2D eigenvalue weighted by molar-refractivity contribution is -0.134. The van der Waals surface area contributed by atoms with Gasteiger partial charge in [0, 0.05) is 12.5 Å². The monoisotopic (exact) mass is 233 g/mol. The second kappa shape index (κ2) is 6.48. The van der Waals surface area contributed by atoms with Gasteiger partial charge in [-0.1, -0.05) is 35.5 Å². The van der Waals surface area contributed by atoms with Crippen molar-refractivity contribution in [3.8, 4) is 0 Å². The average molecular weight is 233 g/mol. The van der Waals surface area contributed by atoms with Crippen molar-refractivity contribution in [2.24, 2.45) is 5.16 Å². The summed E-state index contributed by atoms with van der Waals surface area (Å²) < 4.78 is 0. The van der Waals surface area contributed by atoms with Gasteiger partial charge in [-0.25, -0.2) is 0 Å². The van der Waals surface area contributed by atoms with Gasteiger partial charge in [0.1, 0.15) is 12.8 Å². The van der Waals surface area contributed by atoms with Crippen LogP contribution in [-0.2, 0) is 16.1 Å². The molecule has 0 radical (unpaired) electrons. The summed E-state index contributed by atoms with van der Waals surface area (Å²) in [5.41, 5.74) is 3.39. The van der Waals surface area contributed by atoms with Gasteiger partial charge in [-0.05, 0) is 18.1 Å². The lowest BCUT2D eigenvalue weighted by Crippen LogP contribution is -2.06. The first-order chi connectivity index (χ1) is 8.15. The summed E-state index contributed by atoms with van der Waals surface area (Å²) >= 11 is 0. The normalized spacial score (nSPS) is 14.6. The van der Waals surface area contributed by atoms with Crippen molar-refractivity contribution < 1.29 is 14.7 Å². The molecule has 0 unspecified atom stereocenters. The second-order valence-electron chi connectivity index (χ2n) is 3.44. The van der Waals surface area contributed by atoms with Crippen molar-refractivity contribution in [1.82, 2.24) is 0 Å². The highest BCUT2D eigenvalue weighted by Crippen LogP contribution is 2.16. The van der Waals surface area contributed by atoms with Crippen molar-refractivity contribution >= 4 is 11.7 Å². The van der Waals surface area contributed by atoms with E-state index in [9.17, 15) is 0 Å². The van der Waals surface area contributed by atoms with Crippen LogP contribution < -0.4 is 0 Å². The molecule has 1 N–H and O–H groups in total. The molecule has 0 fully saturated rings. The van der Waals surface area contributed by atoms with Crippen molar-refractivity contribution in [3.05, 3.63) is 47.5 Å². The highest BCUT2D eigenvalue weighted by atomic mass is 16.6. The first-order valence-electron chi connectivity index (χ1n) is 5.20. The van der Waals surface area contributed by atoms with E-state index in [1.807, 2.05) is 18.2 Å². The van der Waals surface area contributed by atoms with Crippen molar-refractivity contribution in [1.29, 1.82) is 0 Å². The molecule has 1 aromatic rings. The zero-order valence-corrected chi connectivity index (χ0v) is 9.88. The van der Waals surface area contributed by atoms with Crippen LogP contribution in [0, 0.1) is 0 Å². The van der Waals surface area contributed by atoms with Gasteiger partial charge < -0.3 is 9.94 Å². The molecule has 0 saturated heterocycles. The molecule has 1 aromatic carbocycles. The summed E-state index contributed by atoms with van der Waals surface area (Å²) in [5, 5.41) is 11.4. The molecule has 0 atom stereocenters. The molecule has 2 rings (SSSR count). The minimum Gasteiger partial charge on any atom is -0.481 e. The zero-order chi connectivity index (χ0) is 12.7. The smallest absolute Gasteiger partial charge is 0.300 e. The maximum atomic E-state index is 9.00. The third-order valence-corrected chi connectivity index (χ3v) is 2.10. The second-order valence-corrected chi connectivity index (χ2v) is 3.44. The number of allylic oxidation sites excluding steroid dienone is 2. The number of carbonyl (C=O) groups is 1. The minimum absolute atomic E-state index is 0.833. The van der Waals surface area contributed by atoms with Crippen LogP contribution in [0.4, 0.5) is 0 Å². The molecular formula is C13H15NO3. The average Bonchev–Trinajstić information content (AvgIpc) is 2.29. The Morgan fingerprint density at radius 2 is 2.06 bits per heavy atom. The molecule has 4 heteroatoms. The van der Waals surface area contributed by atoms with E-state index in [1.54, 1.807) is 7.11 Å². The Balaban J connectivity index is 0.000000317. The maximum absolute atomic E-state index is 9.00. The fourth-order valence-electron chi connectivity index (χ4n) is 1.51. The topological polar surface area (TPSA) is 58.9 Å². The van der Waals surface area contributed by atoms with E-state index < -0.39 is 5.97 Å². The summed E-state index contributed by atoms with van der Waals surface area (Å²) in [6, 6.07) is 8.24. The number of benzene rings is 1. The number of hydrogen-bond donors (Lipinski definition) is 1. The molecule has 0 aromatic heterocycles. The van der Waals surface area contributed by atoms with Crippen LogP contribution in [0.3, 0.4) is 0 Å². The summed E-state index contributed by atoms with van der Waals surface area (Å²) in [5.74, 6) is -0.833. The van der Waals surface area contributed by atoms with Gasteiger partial charge in [-0.3, -0.25) is 4.79 Å². The molecular weight excluding hydrogens is 218 g/mol. The van der Waals surface area contributed by atoms with E-state index in [1.165, 1.54) is 11.1 Å². The molecule has 90 valence electrons. The van der Waals surface area contributed by atoms with E-state index >= 15 is 0 Å². The third kappa shape index (κ3) is 4.10. The molecule has 1 aliphatic carbocycles. The van der Waals surface area contributed by atoms with Crippen LogP contribution in [-0.4, -0.2) is 23.9 Å². The van der Waals surface area contributed by atoms with Gasteiger partial charge in [0.15, 0.2) is 0 Å². The van der Waals surface area contributed by atoms with Crippen molar-refractivity contribution in [2.75, 3.05) is 7.11 Å². The largest absolute Gasteiger partial charge is 0.481 e. The Morgan fingerprint density at radius 1 is 1.41 bits per heavy atom. The van der Waals surface area contributed by atoms with Gasteiger partial charge >= 0.3 is 0 Å². The summed E-state index contributed by atoms with van der Waals surface area (Å²) in [7, 11) is 1.57. The number of carboxylic acids is 1. The first kappa shape index (κ1) is 13.0. The van der Waals surface area contributed by atoms with E-state index in [0.29, 0.717) is 0 Å². The molecule has 0 spiro atoms. The van der Waals surface area contributed by atoms with E-state index in [2.05, 4.69) is 23.4 Å². The molecule has 0 heterocycles. The fourth-order valence-corrected chi connectivity index (χ4v) is 1.51. The summed E-state index contributed by atoms with van der Waals surface area (Å²) in [6.45, 7) is 1.08. The van der Waals surface area contributed by atoms with Crippen molar-refractivity contribution in [2.45, 2.75) is 13.3 Å². The number of fused-ring (bicyclic) bond motifs is 1. The van der Waals surface area contributed by atoms with Crippen LogP contribution in [0.1, 0.15) is 18.1 Å². The molecule has 0 saturated carbocycles. The molecule has 0 amide bonds. The van der Waals surface area contributed by atoms with E-state index in [4.69, 9.17) is 14.7 Å². The fraction of sp³-hybridized carbons (Fsp3) is 0.231. The SMILES string of the molecule is CC(=O)O.CON=C1C=CCc2ccccc21. The van der Waals surface area contributed by atoms with Gasteiger partial charge in [-0.15, -0.1) is 0 Å².